The number of aromatic nitrogens is 1. The molecule has 3 N–H and O–H groups in total. The maximum absolute atomic E-state index is 5.64. The smallest absolute Gasteiger partial charge is 0.123 e. The Kier molecular flexibility index (Phi) is 4.56. The summed E-state index contributed by atoms with van der Waals surface area (Å²) < 4.78 is 0. The lowest BCUT2D eigenvalue weighted by atomic mass is 9.95. The van der Waals surface area contributed by atoms with Crippen molar-refractivity contribution in [2.45, 2.75) is 32.7 Å². The second-order valence-corrected chi connectivity index (χ2v) is 4.32. The molecule has 0 radical (unpaired) electrons. The van der Waals surface area contributed by atoms with Gasteiger partial charge in [0.05, 0.1) is 0 Å². The molecule has 0 aromatic carbocycles. The lowest BCUT2D eigenvalue weighted by molar-refractivity contribution is 0.440. The molecule has 0 aliphatic heterocycles. The van der Waals surface area contributed by atoms with E-state index in [4.69, 9.17) is 5.73 Å². The van der Waals surface area contributed by atoms with Crippen LogP contribution in [-0.2, 0) is 6.42 Å². The van der Waals surface area contributed by atoms with Crippen LogP contribution in [0.4, 0.5) is 5.82 Å². The number of hydrogen-bond acceptors (Lipinski definition) is 3. The molecule has 0 amide bonds. The predicted molar refractivity (Wildman–Crippen MR) is 64.7 cm³/mol. The van der Waals surface area contributed by atoms with E-state index in [9.17, 15) is 0 Å². The number of anilines is 1. The lowest BCUT2D eigenvalue weighted by Crippen LogP contribution is -2.24. The molecule has 1 rings (SSSR count). The van der Waals surface area contributed by atoms with Gasteiger partial charge in [-0.15, -0.1) is 0 Å². The first-order chi connectivity index (χ1) is 7.11. The van der Waals surface area contributed by atoms with Gasteiger partial charge in [0.1, 0.15) is 5.82 Å². The Hall–Kier alpha value is -1.09. The monoisotopic (exact) mass is 207 g/mol. The zero-order valence-electron chi connectivity index (χ0n) is 9.83. The van der Waals surface area contributed by atoms with Gasteiger partial charge in [-0.25, -0.2) is 4.98 Å². The minimum atomic E-state index is 0.569. The first kappa shape index (κ1) is 12.0. The van der Waals surface area contributed by atoms with E-state index < -0.39 is 0 Å². The second kappa shape index (κ2) is 5.71. The summed E-state index contributed by atoms with van der Waals surface area (Å²) in [6, 6.07) is 4.57. The highest BCUT2D eigenvalue weighted by Crippen LogP contribution is 2.14. The second-order valence-electron chi connectivity index (χ2n) is 4.32. The summed E-state index contributed by atoms with van der Waals surface area (Å²) in [7, 11) is 2.00. The molecule has 0 saturated carbocycles. The third-order valence-electron chi connectivity index (χ3n) is 2.68. The van der Waals surface area contributed by atoms with Gasteiger partial charge in [-0.05, 0) is 50.4 Å². The van der Waals surface area contributed by atoms with Crippen molar-refractivity contribution in [1.82, 2.24) is 10.3 Å². The highest BCUT2D eigenvalue weighted by atomic mass is 14.8. The molecule has 3 heteroatoms. The topological polar surface area (TPSA) is 50.9 Å². The van der Waals surface area contributed by atoms with Crippen molar-refractivity contribution < 1.29 is 0 Å². The van der Waals surface area contributed by atoms with E-state index in [1.165, 1.54) is 12.0 Å². The van der Waals surface area contributed by atoms with Crippen LogP contribution in [0, 0.1) is 5.92 Å². The largest absolute Gasteiger partial charge is 0.384 e. The molecule has 15 heavy (non-hydrogen) atoms. The lowest BCUT2D eigenvalue weighted by Gasteiger charge is -2.16. The number of hydrogen-bond donors (Lipinski definition) is 2. The molecule has 84 valence electrons. The number of pyridine rings is 1. The van der Waals surface area contributed by atoms with E-state index in [0.717, 1.165) is 6.42 Å². The maximum Gasteiger partial charge on any atom is 0.123 e. The van der Waals surface area contributed by atoms with Crippen LogP contribution >= 0.6 is 0 Å². The van der Waals surface area contributed by atoms with Gasteiger partial charge >= 0.3 is 0 Å². The molecule has 1 heterocycles. The third-order valence-corrected chi connectivity index (χ3v) is 2.68. The van der Waals surface area contributed by atoms with Gasteiger partial charge in [0, 0.05) is 12.2 Å². The maximum atomic E-state index is 5.64. The first-order valence-corrected chi connectivity index (χ1v) is 5.49. The molecule has 0 fully saturated rings. The average Bonchev–Trinajstić information content (AvgIpc) is 2.17. The Morgan fingerprint density at radius 3 is 2.80 bits per heavy atom. The molecule has 0 spiro atoms. The molecule has 1 aromatic rings. The SMILES string of the molecule is CNC(C)CC(C)Cc1ccnc(N)c1. The van der Waals surface area contributed by atoms with Crippen LogP contribution in [0.15, 0.2) is 18.3 Å². The van der Waals surface area contributed by atoms with Gasteiger partial charge in [-0.1, -0.05) is 6.92 Å². The molecular formula is C12H21N3. The van der Waals surface area contributed by atoms with Crippen LogP contribution in [0.5, 0.6) is 0 Å². The molecule has 3 nitrogen and oxygen atoms in total. The summed E-state index contributed by atoms with van der Waals surface area (Å²) in [4.78, 5) is 3.99. The Bertz CT molecular complexity index is 299. The standard InChI is InChI=1S/C12H21N3/c1-9(6-10(2)14-3)7-11-4-5-15-12(13)8-11/h4-5,8-10,14H,6-7H2,1-3H3,(H2,13,15). The third kappa shape index (κ3) is 4.30. The number of rotatable bonds is 5. The summed E-state index contributed by atoms with van der Waals surface area (Å²) in [6.45, 7) is 4.47. The Balaban J connectivity index is 2.47. The molecule has 2 unspecified atom stereocenters. The van der Waals surface area contributed by atoms with Crippen molar-refractivity contribution in [3.63, 3.8) is 0 Å². The summed E-state index contributed by atoms with van der Waals surface area (Å²) in [5.74, 6) is 1.27. The van der Waals surface area contributed by atoms with Crippen molar-refractivity contribution in [3.05, 3.63) is 23.9 Å². The Labute approximate surface area is 92.1 Å². The molecular weight excluding hydrogens is 186 g/mol. The fourth-order valence-electron chi connectivity index (χ4n) is 1.83. The normalized spacial score (nSPS) is 14.9. The average molecular weight is 207 g/mol. The van der Waals surface area contributed by atoms with Crippen LogP contribution in [0.25, 0.3) is 0 Å². The van der Waals surface area contributed by atoms with Crippen molar-refractivity contribution in [1.29, 1.82) is 0 Å². The fourth-order valence-corrected chi connectivity index (χ4v) is 1.83. The summed E-state index contributed by atoms with van der Waals surface area (Å²) >= 11 is 0. The van der Waals surface area contributed by atoms with Gasteiger partial charge in [0.25, 0.3) is 0 Å². The zero-order valence-corrected chi connectivity index (χ0v) is 9.83. The number of nitrogens with zero attached hydrogens (tertiary/aromatic N) is 1. The van der Waals surface area contributed by atoms with Gasteiger partial charge in [0.2, 0.25) is 0 Å². The first-order valence-electron chi connectivity index (χ1n) is 5.49. The van der Waals surface area contributed by atoms with Crippen molar-refractivity contribution in [2.24, 2.45) is 5.92 Å². The van der Waals surface area contributed by atoms with E-state index in [1.54, 1.807) is 6.20 Å². The van der Waals surface area contributed by atoms with Gasteiger partial charge < -0.3 is 11.1 Å². The zero-order chi connectivity index (χ0) is 11.3. The number of nitrogens with two attached hydrogens (primary N) is 1. The van der Waals surface area contributed by atoms with E-state index in [-0.39, 0.29) is 0 Å². The van der Waals surface area contributed by atoms with E-state index >= 15 is 0 Å². The highest BCUT2D eigenvalue weighted by molar-refractivity contribution is 5.31. The van der Waals surface area contributed by atoms with Gasteiger partial charge in [-0.2, -0.15) is 0 Å². The van der Waals surface area contributed by atoms with E-state index in [2.05, 4.69) is 24.1 Å². The molecule has 1 aromatic heterocycles. The Morgan fingerprint density at radius 1 is 1.47 bits per heavy atom. The van der Waals surface area contributed by atoms with Crippen LogP contribution in [0.2, 0.25) is 0 Å². The number of nitrogen functional groups attached to an aromatic ring is 1. The minimum Gasteiger partial charge on any atom is -0.384 e. The van der Waals surface area contributed by atoms with E-state index in [0.29, 0.717) is 17.8 Å². The molecule has 0 aliphatic carbocycles. The summed E-state index contributed by atoms with van der Waals surface area (Å²) in [6.07, 6.45) is 4.02. The molecule has 0 bridgehead atoms. The van der Waals surface area contributed by atoms with Crippen molar-refractivity contribution >= 4 is 5.82 Å². The fraction of sp³-hybridized carbons (Fsp3) is 0.583. The van der Waals surface area contributed by atoms with E-state index in [1.807, 2.05) is 19.2 Å². The summed E-state index contributed by atoms with van der Waals surface area (Å²) in [5, 5.41) is 3.26. The van der Waals surface area contributed by atoms with Crippen molar-refractivity contribution in [2.75, 3.05) is 12.8 Å². The van der Waals surface area contributed by atoms with Crippen LogP contribution in [0.1, 0.15) is 25.8 Å². The molecule has 2 atom stereocenters. The predicted octanol–water partition coefficient (Wildman–Crippen LogP) is 1.84. The van der Waals surface area contributed by atoms with Crippen LogP contribution in [-0.4, -0.2) is 18.1 Å². The quantitative estimate of drug-likeness (QED) is 0.774. The Morgan fingerprint density at radius 2 is 2.20 bits per heavy atom. The summed E-state index contributed by atoms with van der Waals surface area (Å²) in [5.41, 5.74) is 6.91. The molecule has 0 saturated heterocycles. The molecule has 0 aliphatic rings. The van der Waals surface area contributed by atoms with Gasteiger partial charge in [0.15, 0.2) is 0 Å². The highest BCUT2D eigenvalue weighted by Gasteiger charge is 2.08. The van der Waals surface area contributed by atoms with Gasteiger partial charge in [-0.3, -0.25) is 0 Å². The number of nitrogens with one attached hydrogen (secondary N) is 1. The van der Waals surface area contributed by atoms with Crippen LogP contribution in [0.3, 0.4) is 0 Å². The van der Waals surface area contributed by atoms with Crippen molar-refractivity contribution in [3.8, 4) is 0 Å². The minimum absolute atomic E-state index is 0.569. The van der Waals surface area contributed by atoms with Crippen LogP contribution < -0.4 is 11.1 Å².